The fourth-order valence-electron chi connectivity index (χ4n) is 2.20. The average Bonchev–Trinajstić information content (AvgIpc) is 2.45. The molecule has 0 bridgehead atoms. The summed E-state index contributed by atoms with van der Waals surface area (Å²) >= 11 is 3.45. The van der Waals surface area contributed by atoms with E-state index in [-0.39, 0.29) is 5.82 Å². The molecular weight excluding hydrogens is 319 g/mol. The maximum absolute atomic E-state index is 13.4. The molecule has 0 aliphatic heterocycles. The molecule has 2 aromatic carbocycles. The van der Waals surface area contributed by atoms with E-state index in [1.54, 1.807) is 6.07 Å². The van der Waals surface area contributed by atoms with Crippen LogP contribution in [-0.2, 0) is 0 Å². The highest BCUT2D eigenvalue weighted by molar-refractivity contribution is 9.10. The molecule has 0 saturated heterocycles. The van der Waals surface area contributed by atoms with Crippen molar-refractivity contribution in [3.05, 3.63) is 58.8 Å². The minimum Gasteiger partial charge on any atom is -0.388 e. The van der Waals surface area contributed by atoms with Crippen LogP contribution in [0.4, 0.5) is 10.1 Å². The lowest BCUT2D eigenvalue weighted by Crippen LogP contribution is -1.94. The first-order chi connectivity index (χ1) is 9.67. The van der Waals surface area contributed by atoms with Crippen LogP contribution in [0.5, 0.6) is 0 Å². The molecule has 100 valence electrons. The Labute approximate surface area is 124 Å². The largest absolute Gasteiger partial charge is 0.388 e. The lowest BCUT2D eigenvalue weighted by molar-refractivity contribution is 0.628. The van der Waals surface area contributed by atoms with Gasteiger partial charge in [-0.05, 0) is 36.4 Å². The predicted molar refractivity (Wildman–Crippen MR) is 84.4 cm³/mol. The second-order valence-corrected chi connectivity index (χ2v) is 5.39. The minimum absolute atomic E-state index is 0.260. The third-order valence-electron chi connectivity index (χ3n) is 3.16. The highest BCUT2D eigenvalue weighted by Crippen LogP contribution is 2.29. The molecule has 1 N–H and O–H groups in total. The molecule has 0 spiro atoms. The number of nitrogens with zero attached hydrogens (tertiary/aromatic N) is 1. The normalized spacial score (nSPS) is 10.8. The monoisotopic (exact) mass is 330 g/mol. The predicted octanol–water partition coefficient (Wildman–Crippen LogP) is 4.85. The Balaban J connectivity index is 2.26. The van der Waals surface area contributed by atoms with Crippen LogP contribution in [0, 0.1) is 5.82 Å². The number of nitrogens with one attached hydrogen (secondary N) is 1. The first-order valence-corrected chi connectivity index (χ1v) is 7.00. The van der Waals surface area contributed by atoms with Crippen molar-refractivity contribution in [3.63, 3.8) is 0 Å². The van der Waals surface area contributed by atoms with Crippen molar-refractivity contribution >= 4 is 32.5 Å². The first-order valence-electron chi connectivity index (χ1n) is 6.21. The number of hydrogen-bond donors (Lipinski definition) is 1. The lowest BCUT2D eigenvalue weighted by atomic mass is 10.1. The highest BCUT2D eigenvalue weighted by atomic mass is 79.9. The van der Waals surface area contributed by atoms with Crippen LogP contribution in [0.3, 0.4) is 0 Å². The van der Waals surface area contributed by atoms with Gasteiger partial charge in [0.15, 0.2) is 0 Å². The average molecular weight is 331 g/mol. The number of aromatic nitrogens is 1. The fourth-order valence-corrected chi connectivity index (χ4v) is 2.55. The van der Waals surface area contributed by atoms with E-state index in [0.29, 0.717) is 0 Å². The summed E-state index contributed by atoms with van der Waals surface area (Å²) in [6.45, 7) is 0. The quantitative estimate of drug-likeness (QED) is 0.726. The number of halogens is 2. The van der Waals surface area contributed by atoms with Crippen LogP contribution >= 0.6 is 15.9 Å². The molecular formula is C16H12BrFN2. The Morgan fingerprint density at radius 3 is 2.70 bits per heavy atom. The Morgan fingerprint density at radius 1 is 1.10 bits per heavy atom. The van der Waals surface area contributed by atoms with Gasteiger partial charge in [-0.3, -0.25) is 0 Å². The second-order valence-electron chi connectivity index (χ2n) is 4.48. The van der Waals surface area contributed by atoms with E-state index in [9.17, 15) is 4.39 Å². The van der Waals surface area contributed by atoms with E-state index in [1.807, 2.05) is 37.4 Å². The molecule has 20 heavy (non-hydrogen) atoms. The molecule has 0 aliphatic carbocycles. The second kappa shape index (κ2) is 5.21. The van der Waals surface area contributed by atoms with Gasteiger partial charge >= 0.3 is 0 Å². The van der Waals surface area contributed by atoms with Crippen LogP contribution in [0.15, 0.2) is 53.0 Å². The van der Waals surface area contributed by atoms with Crippen molar-refractivity contribution in [3.8, 4) is 11.3 Å². The van der Waals surface area contributed by atoms with E-state index in [1.165, 1.54) is 12.1 Å². The third-order valence-corrected chi connectivity index (χ3v) is 3.65. The number of anilines is 1. The molecule has 2 nitrogen and oxygen atoms in total. The van der Waals surface area contributed by atoms with E-state index < -0.39 is 0 Å². The number of pyridine rings is 1. The van der Waals surface area contributed by atoms with Gasteiger partial charge in [0.2, 0.25) is 0 Å². The van der Waals surface area contributed by atoms with Crippen molar-refractivity contribution in [2.24, 2.45) is 0 Å². The number of fused-ring (bicyclic) bond motifs is 1. The Hall–Kier alpha value is -1.94. The van der Waals surface area contributed by atoms with Gasteiger partial charge < -0.3 is 5.32 Å². The van der Waals surface area contributed by atoms with Crippen molar-refractivity contribution < 1.29 is 4.39 Å². The van der Waals surface area contributed by atoms with Gasteiger partial charge in [0.05, 0.1) is 11.2 Å². The molecule has 3 rings (SSSR count). The SMILES string of the molecule is CNc1cc(-c2cccc(F)c2)nc2cc(Br)ccc12. The summed E-state index contributed by atoms with van der Waals surface area (Å²) in [6, 6.07) is 14.3. The van der Waals surface area contributed by atoms with Gasteiger partial charge in [0, 0.05) is 28.2 Å². The van der Waals surface area contributed by atoms with Gasteiger partial charge in [-0.25, -0.2) is 9.37 Å². The number of rotatable bonds is 2. The summed E-state index contributed by atoms with van der Waals surface area (Å²) in [5.74, 6) is -0.260. The standard InChI is InChI=1S/C16H12BrFN2/c1-19-15-9-14(10-3-2-4-12(18)7-10)20-16-8-11(17)5-6-13(15)16/h2-9H,1H3,(H,19,20). The van der Waals surface area contributed by atoms with Crippen LogP contribution in [0.25, 0.3) is 22.2 Å². The summed E-state index contributed by atoms with van der Waals surface area (Å²) in [6.07, 6.45) is 0. The van der Waals surface area contributed by atoms with Crippen LogP contribution in [0.2, 0.25) is 0 Å². The summed E-state index contributed by atoms with van der Waals surface area (Å²) in [4.78, 5) is 4.62. The Morgan fingerprint density at radius 2 is 1.95 bits per heavy atom. The zero-order valence-electron chi connectivity index (χ0n) is 10.8. The molecule has 1 heterocycles. The van der Waals surface area contributed by atoms with Crippen LogP contribution in [0.1, 0.15) is 0 Å². The van der Waals surface area contributed by atoms with E-state index in [0.717, 1.165) is 32.3 Å². The topological polar surface area (TPSA) is 24.9 Å². The molecule has 1 aromatic heterocycles. The third kappa shape index (κ3) is 2.39. The summed E-state index contributed by atoms with van der Waals surface area (Å²) in [7, 11) is 1.87. The number of benzene rings is 2. The molecule has 0 atom stereocenters. The highest BCUT2D eigenvalue weighted by Gasteiger charge is 2.07. The van der Waals surface area contributed by atoms with Crippen LogP contribution in [-0.4, -0.2) is 12.0 Å². The first kappa shape index (κ1) is 13.1. The lowest BCUT2D eigenvalue weighted by Gasteiger charge is -2.10. The molecule has 0 aliphatic rings. The van der Waals surface area contributed by atoms with Crippen molar-refractivity contribution in [2.45, 2.75) is 0 Å². The number of hydrogen-bond acceptors (Lipinski definition) is 2. The van der Waals surface area contributed by atoms with E-state index >= 15 is 0 Å². The van der Waals surface area contributed by atoms with Crippen molar-refractivity contribution in [1.82, 2.24) is 4.98 Å². The molecule has 0 saturated carbocycles. The van der Waals surface area contributed by atoms with Gasteiger partial charge in [-0.2, -0.15) is 0 Å². The van der Waals surface area contributed by atoms with Gasteiger partial charge in [-0.1, -0.05) is 28.1 Å². The molecule has 0 fully saturated rings. The maximum atomic E-state index is 13.4. The summed E-state index contributed by atoms with van der Waals surface area (Å²) < 4.78 is 14.3. The van der Waals surface area contributed by atoms with E-state index in [4.69, 9.17) is 0 Å². The smallest absolute Gasteiger partial charge is 0.123 e. The van der Waals surface area contributed by atoms with Gasteiger partial charge in [0.1, 0.15) is 5.82 Å². The zero-order valence-corrected chi connectivity index (χ0v) is 12.4. The Kier molecular flexibility index (Phi) is 3.40. The molecule has 4 heteroatoms. The van der Waals surface area contributed by atoms with Gasteiger partial charge in [-0.15, -0.1) is 0 Å². The van der Waals surface area contributed by atoms with E-state index in [2.05, 4.69) is 26.2 Å². The molecule has 0 amide bonds. The maximum Gasteiger partial charge on any atom is 0.123 e. The Bertz CT molecular complexity index is 787. The van der Waals surface area contributed by atoms with Crippen LogP contribution < -0.4 is 5.32 Å². The van der Waals surface area contributed by atoms with Crippen molar-refractivity contribution in [1.29, 1.82) is 0 Å². The zero-order chi connectivity index (χ0) is 14.1. The molecule has 3 aromatic rings. The molecule has 0 unspecified atom stereocenters. The summed E-state index contributed by atoms with van der Waals surface area (Å²) in [5.41, 5.74) is 3.36. The summed E-state index contributed by atoms with van der Waals surface area (Å²) in [5, 5.41) is 4.20. The van der Waals surface area contributed by atoms with Crippen molar-refractivity contribution in [2.75, 3.05) is 12.4 Å². The van der Waals surface area contributed by atoms with Gasteiger partial charge in [0.25, 0.3) is 0 Å². The fraction of sp³-hybridized carbons (Fsp3) is 0.0625. The minimum atomic E-state index is -0.260. The molecule has 0 radical (unpaired) electrons.